The summed E-state index contributed by atoms with van der Waals surface area (Å²) in [6.45, 7) is 3.14. The number of aliphatic hydroxyl groups excluding tert-OH is 1. The Balaban J connectivity index is 1.58. The van der Waals surface area contributed by atoms with Crippen LogP contribution in [0.25, 0.3) is 16.7 Å². The number of hydrogen-bond donors (Lipinski definition) is 2. The van der Waals surface area contributed by atoms with Gasteiger partial charge in [0.2, 0.25) is 0 Å². The third-order valence-electron chi connectivity index (χ3n) is 7.12. The molecule has 7 nitrogen and oxygen atoms in total. The summed E-state index contributed by atoms with van der Waals surface area (Å²) < 4.78 is 5.73. The lowest BCUT2D eigenvalue weighted by atomic mass is 9.94. The summed E-state index contributed by atoms with van der Waals surface area (Å²) in [4.78, 5) is 33.8. The Morgan fingerprint density at radius 3 is 2.73 bits per heavy atom. The quantitative estimate of drug-likeness (QED) is 0.212. The number of likely N-dealkylation sites (N-methyl/N-ethyl adjacent to an activating group) is 1. The largest absolute Gasteiger partial charge is 0.507 e. The van der Waals surface area contributed by atoms with Crippen LogP contribution in [0, 0.1) is 6.92 Å². The number of carbonyl (C=O) groups is 2. The number of H-pyrrole nitrogens is 1. The Labute approximate surface area is 218 Å². The van der Waals surface area contributed by atoms with Crippen molar-refractivity contribution in [1.29, 1.82) is 0 Å². The smallest absolute Gasteiger partial charge is 0.300 e. The number of rotatable bonds is 3. The van der Waals surface area contributed by atoms with Crippen molar-refractivity contribution in [1.82, 2.24) is 4.98 Å². The molecule has 0 saturated carbocycles. The van der Waals surface area contributed by atoms with Crippen LogP contribution >= 0.6 is 11.6 Å². The molecule has 4 aromatic rings. The van der Waals surface area contributed by atoms with E-state index in [9.17, 15) is 14.7 Å². The van der Waals surface area contributed by atoms with E-state index < -0.39 is 17.7 Å². The molecule has 186 valence electrons. The predicted molar refractivity (Wildman–Crippen MR) is 144 cm³/mol. The SMILES string of the molecule is Cc1ccc(N2C(=O)C(=O)/C(=C(/O)c3ccc4c(c3)N(C)CCO4)C2c2c[nH]c3ccccc23)cc1Cl. The van der Waals surface area contributed by atoms with Crippen molar-refractivity contribution in [3.05, 3.63) is 94.1 Å². The Kier molecular flexibility index (Phi) is 5.46. The van der Waals surface area contributed by atoms with Crippen LogP contribution in [0.5, 0.6) is 5.75 Å². The summed E-state index contributed by atoms with van der Waals surface area (Å²) in [6.07, 6.45) is 1.78. The second-order valence-electron chi connectivity index (χ2n) is 9.34. The molecule has 2 aliphatic rings. The molecule has 37 heavy (non-hydrogen) atoms. The predicted octanol–water partition coefficient (Wildman–Crippen LogP) is 5.58. The van der Waals surface area contributed by atoms with Gasteiger partial charge in [-0.2, -0.15) is 0 Å². The van der Waals surface area contributed by atoms with E-state index >= 15 is 0 Å². The molecule has 3 heterocycles. The Morgan fingerprint density at radius 1 is 1.11 bits per heavy atom. The topological polar surface area (TPSA) is 85.9 Å². The fourth-order valence-electron chi connectivity index (χ4n) is 5.10. The zero-order valence-corrected chi connectivity index (χ0v) is 21.0. The molecule has 1 atom stereocenters. The number of nitrogens with one attached hydrogen (secondary N) is 1. The van der Waals surface area contributed by atoms with Crippen molar-refractivity contribution in [2.45, 2.75) is 13.0 Å². The van der Waals surface area contributed by atoms with Gasteiger partial charge in [0.1, 0.15) is 18.1 Å². The second-order valence-corrected chi connectivity index (χ2v) is 9.75. The second kappa shape index (κ2) is 8.71. The van der Waals surface area contributed by atoms with E-state index in [1.807, 2.05) is 49.2 Å². The summed E-state index contributed by atoms with van der Waals surface area (Å²) in [6, 6.07) is 17.3. The zero-order chi connectivity index (χ0) is 25.8. The average Bonchev–Trinajstić information content (AvgIpc) is 3.44. The van der Waals surface area contributed by atoms with Crippen molar-refractivity contribution in [3.8, 4) is 5.75 Å². The number of benzene rings is 3. The third-order valence-corrected chi connectivity index (χ3v) is 7.53. The van der Waals surface area contributed by atoms with Crippen molar-refractivity contribution in [2.75, 3.05) is 30.0 Å². The van der Waals surface area contributed by atoms with Crippen molar-refractivity contribution in [2.24, 2.45) is 0 Å². The number of anilines is 2. The maximum atomic E-state index is 13.6. The van der Waals surface area contributed by atoms with E-state index in [1.54, 1.807) is 36.5 Å². The first-order valence-electron chi connectivity index (χ1n) is 12.0. The van der Waals surface area contributed by atoms with Crippen LogP contribution in [0.3, 0.4) is 0 Å². The number of para-hydroxylation sites is 1. The first-order chi connectivity index (χ1) is 17.8. The summed E-state index contributed by atoms with van der Waals surface area (Å²) in [5, 5.41) is 12.9. The Morgan fingerprint density at radius 2 is 1.92 bits per heavy atom. The number of amides is 1. The molecular weight excluding hydrogens is 490 g/mol. The van der Waals surface area contributed by atoms with Gasteiger partial charge in [0, 0.05) is 46.0 Å². The number of halogens is 1. The summed E-state index contributed by atoms with van der Waals surface area (Å²) in [5.74, 6) is -1.02. The minimum atomic E-state index is -0.861. The number of nitrogens with zero attached hydrogens (tertiary/aromatic N) is 2. The highest BCUT2D eigenvalue weighted by Crippen LogP contribution is 2.45. The number of carbonyl (C=O) groups excluding carboxylic acids is 2. The van der Waals surface area contributed by atoms with Crippen LogP contribution in [0.2, 0.25) is 5.02 Å². The Bertz CT molecular complexity index is 1620. The van der Waals surface area contributed by atoms with E-state index in [0.717, 1.165) is 22.2 Å². The molecule has 1 fully saturated rings. The molecule has 1 saturated heterocycles. The normalized spacial score (nSPS) is 18.8. The maximum Gasteiger partial charge on any atom is 0.300 e. The molecule has 0 spiro atoms. The summed E-state index contributed by atoms with van der Waals surface area (Å²) >= 11 is 6.41. The van der Waals surface area contributed by atoms with Gasteiger partial charge in [0.15, 0.2) is 0 Å². The molecule has 0 radical (unpaired) electrons. The lowest BCUT2D eigenvalue weighted by Crippen LogP contribution is -2.29. The molecule has 0 aliphatic carbocycles. The molecule has 1 aromatic heterocycles. The highest BCUT2D eigenvalue weighted by molar-refractivity contribution is 6.52. The molecule has 2 aliphatic heterocycles. The average molecular weight is 514 g/mol. The highest BCUT2D eigenvalue weighted by Gasteiger charge is 2.48. The van der Waals surface area contributed by atoms with E-state index in [1.165, 1.54) is 4.90 Å². The van der Waals surface area contributed by atoms with E-state index in [-0.39, 0.29) is 11.3 Å². The van der Waals surface area contributed by atoms with E-state index in [0.29, 0.717) is 40.7 Å². The van der Waals surface area contributed by atoms with Gasteiger partial charge < -0.3 is 19.7 Å². The fourth-order valence-corrected chi connectivity index (χ4v) is 5.27. The maximum absolute atomic E-state index is 13.6. The van der Waals surface area contributed by atoms with Gasteiger partial charge >= 0.3 is 0 Å². The standard InChI is InChI=1S/C29H24ClN3O4/c1-16-7-9-18(14-21(16)30)33-26(20-15-31-22-6-4-3-5-19(20)22)25(28(35)29(33)36)27(34)17-8-10-24-23(13-17)32(2)11-12-37-24/h3-10,13-15,26,31,34H,11-12H2,1-2H3/b27-25+. The van der Waals surface area contributed by atoms with Gasteiger partial charge in [-0.25, -0.2) is 0 Å². The van der Waals surface area contributed by atoms with E-state index in [4.69, 9.17) is 16.3 Å². The number of aromatic nitrogens is 1. The van der Waals surface area contributed by atoms with Gasteiger partial charge in [0.05, 0.1) is 23.8 Å². The first-order valence-corrected chi connectivity index (χ1v) is 12.3. The van der Waals surface area contributed by atoms with Crippen molar-refractivity contribution >= 4 is 51.3 Å². The number of aromatic amines is 1. The number of aliphatic hydroxyl groups is 1. The molecule has 6 rings (SSSR count). The minimum absolute atomic E-state index is 0.0192. The van der Waals surface area contributed by atoms with Gasteiger partial charge in [-0.3, -0.25) is 14.5 Å². The van der Waals surface area contributed by atoms with Crippen LogP contribution in [-0.2, 0) is 9.59 Å². The zero-order valence-electron chi connectivity index (χ0n) is 20.3. The van der Waals surface area contributed by atoms with Gasteiger partial charge in [-0.15, -0.1) is 0 Å². The third kappa shape index (κ3) is 3.65. The van der Waals surface area contributed by atoms with Gasteiger partial charge in [0.25, 0.3) is 11.7 Å². The molecule has 8 heteroatoms. The molecule has 1 amide bonds. The van der Waals surface area contributed by atoms with E-state index in [2.05, 4.69) is 4.98 Å². The number of ketones is 1. The molecular formula is C29H24ClN3O4. The molecule has 2 N–H and O–H groups in total. The van der Waals surface area contributed by atoms with Crippen LogP contribution in [0.15, 0.2) is 72.4 Å². The van der Waals surface area contributed by atoms with Gasteiger partial charge in [-0.1, -0.05) is 35.9 Å². The van der Waals surface area contributed by atoms with Crippen LogP contribution < -0.4 is 14.5 Å². The number of fused-ring (bicyclic) bond motifs is 2. The number of Topliss-reactive ketones (excluding diaryl/α,β-unsaturated/α-hetero) is 1. The molecule has 3 aromatic carbocycles. The van der Waals surface area contributed by atoms with Crippen molar-refractivity contribution in [3.63, 3.8) is 0 Å². The summed E-state index contributed by atoms with van der Waals surface area (Å²) in [7, 11) is 1.94. The van der Waals surface area contributed by atoms with Crippen LogP contribution in [-0.4, -0.2) is 42.0 Å². The highest BCUT2D eigenvalue weighted by atomic mass is 35.5. The minimum Gasteiger partial charge on any atom is -0.507 e. The number of ether oxygens (including phenoxy) is 1. The first kappa shape index (κ1) is 23.2. The monoisotopic (exact) mass is 513 g/mol. The Hall–Kier alpha value is -4.23. The molecule has 1 unspecified atom stereocenters. The van der Waals surface area contributed by atoms with Gasteiger partial charge in [-0.05, 0) is 48.9 Å². The van der Waals surface area contributed by atoms with Crippen LogP contribution in [0.1, 0.15) is 22.7 Å². The van der Waals surface area contributed by atoms with Crippen LogP contribution in [0.4, 0.5) is 11.4 Å². The lowest BCUT2D eigenvalue weighted by molar-refractivity contribution is -0.132. The van der Waals surface area contributed by atoms with Crippen molar-refractivity contribution < 1.29 is 19.4 Å². The number of aryl methyl sites for hydroxylation is 1. The number of hydrogen-bond acceptors (Lipinski definition) is 5. The lowest BCUT2D eigenvalue weighted by Gasteiger charge is -2.28. The fraction of sp³-hybridized carbons (Fsp3) is 0.172. The molecule has 0 bridgehead atoms. The summed E-state index contributed by atoms with van der Waals surface area (Å²) in [5.41, 5.74) is 4.14.